The number of hydrazone groups is 1. The van der Waals surface area contributed by atoms with Gasteiger partial charge in [0.05, 0.1) is 19.0 Å². The summed E-state index contributed by atoms with van der Waals surface area (Å²) in [5.74, 6) is 1.83. The monoisotopic (exact) mass is 389 g/mol. The van der Waals surface area contributed by atoms with Crippen LogP contribution in [0.15, 0.2) is 52.4 Å². The van der Waals surface area contributed by atoms with Crippen LogP contribution in [0.3, 0.4) is 0 Å². The number of nitriles is 1. The van der Waals surface area contributed by atoms with Crippen LogP contribution in [-0.2, 0) is 0 Å². The van der Waals surface area contributed by atoms with E-state index in [1.807, 2.05) is 12.1 Å². The van der Waals surface area contributed by atoms with Gasteiger partial charge in [-0.25, -0.2) is 10.4 Å². The molecule has 0 bridgehead atoms. The quantitative estimate of drug-likeness (QED) is 0.508. The van der Waals surface area contributed by atoms with Crippen LogP contribution >= 0.6 is 0 Å². The molecule has 1 aliphatic rings. The summed E-state index contributed by atoms with van der Waals surface area (Å²) in [4.78, 5) is 19.1. The molecule has 4 rings (SSSR count). The van der Waals surface area contributed by atoms with Gasteiger partial charge in [0.15, 0.2) is 11.5 Å². The summed E-state index contributed by atoms with van der Waals surface area (Å²) in [6, 6.07) is 14.3. The molecular formula is C20H15N5O4. The molecule has 2 aromatic carbocycles. The highest BCUT2D eigenvalue weighted by Crippen LogP contribution is 2.37. The van der Waals surface area contributed by atoms with Gasteiger partial charge in [0.1, 0.15) is 17.4 Å². The Morgan fingerprint density at radius 3 is 2.76 bits per heavy atom. The number of aromatic amines is 1. The second-order valence-electron chi connectivity index (χ2n) is 5.93. The van der Waals surface area contributed by atoms with Crippen LogP contribution in [0, 0.1) is 11.3 Å². The largest absolute Gasteiger partial charge is 0.496 e. The van der Waals surface area contributed by atoms with Crippen LogP contribution < -0.4 is 25.2 Å². The summed E-state index contributed by atoms with van der Waals surface area (Å²) in [7, 11) is 1.54. The Hall–Kier alpha value is -4.32. The molecule has 3 aromatic rings. The van der Waals surface area contributed by atoms with Crippen molar-refractivity contribution in [2.24, 2.45) is 5.10 Å². The normalized spacial score (nSPS) is 12.0. The molecular weight excluding hydrogens is 374 g/mol. The summed E-state index contributed by atoms with van der Waals surface area (Å²) < 4.78 is 16.0. The number of rotatable bonds is 5. The van der Waals surface area contributed by atoms with Gasteiger partial charge in [0.25, 0.3) is 5.56 Å². The van der Waals surface area contributed by atoms with E-state index < -0.39 is 5.56 Å². The predicted molar refractivity (Wildman–Crippen MR) is 105 cm³/mol. The number of H-pyrrole nitrogens is 1. The van der Waals surface area contributed by atoms with Gasteiger partial charge in [-0.1, -0.05) is 30.3 Å². The van der Waals surface area contributed by atoms with E-state index in [0.717, 1.165) is 0 Å². The van der Waals surface area contributed by atoms with Gasteiger partial charge >= 0.3 is 0 Å². The van der Waals surface area contributed by atoms with Gasteiger partial charge in [-0.3, -0.25) is 9.78 Å². The number of nitrogens with zero attached hydrogens (tertiary/aromatic N) is 3. The van der Waals surface area contributed by atoms with Crippen molar-refractivity contribution >= 4 is 12.2 Å². The fourth-order valence-corrected chi connectivity index (χ4v) is 2.81. The number of hydrogen-bond acceptors (Lipinski definition) is 8. The Balaban J connectivity index is 1.64. The maximum atomic E-state index is 12.3. The van der Waals surface area contributed by atoms with E-state index >= 15 is 0 Å². The molecule has 0 unspecified atom stereocenters. The van der Waals surface area contributed by atoms with Crippen LogP contribution in [0.2, 0.25) is 0 Å². The molecule has 0 radical (unpaired) electrons. The fraction of sp³-hybridized carbons (Fsp3) is 0.100. The zero-order valence-corrected chi connectivity index (χ0v) is 15.3. The number of ether oxygens (including phenoxy) is 3. The number of fused-ring (bicyclic) bond motifs is 1. The molecule has 1 aliphatic heterocycles. The lowest BCUT2D eigenvalue weighted by atomic mass is 10.1. The number of aromatic nitrogens is 2. The molecule has 9 nitrogen and oxygen atoms in total. The highest BCUT2D eigenvalue weighted by Gasteiger charge is 2.17. The Morgan fingerprint density at radius 1 is 1.28 bits per heavy atom. The fourth-order valence-electron chi connectivity index (χ4n) is 2.81. The number of nitrogens with one attached hydrogen (secondary N) is 2. The number of anilines is 1. The third-order valence-corrected chi connectivity index (χ3v) is 4.18. The summed E-state index contributed by atoms with van der Waals surface area (Å²) in [5, 5.41) is 13.4. The molecule has 0 saturated carbocycles. The van der Waals surface area contributed by atoms with Gasteiger partial charge in [-0.15, -0.1) is 0 Å². The molecule has 0 spiro atoms. The molecule has 0 fully saturated rings. The summed E-state index contributed by atoms with van der Waals surface area (Å²) in [5.41, 5.74) is 3.63. The second-order valence-corrected chi connectivity index (χ2v) is 5.93. The first kappa shape index (κ1) is 18.1. The topological polar surface area (TPSA) is 122 Å². The molecule has 29 heavy (non-hydrogen) atoms. The third-order valence-electron chi connectivity index (χ3n) is 4.18. The lowest BCUT2D eigenvalue weighted by Crippen LogP contribution is -2.16. The molecule has 9 heteroatoms. The Labute approximate surface area is 165 Å². The minimum absolute atomic E-state index is 0.0665. The van der Waals surface area contributed by atoms with Crippen molar-refractivity contribution in [2.45, 2.75) is 0 Å². The zero-order valence-electron chi connectivity index (χ0n) is 15.3. The van der Waals surface area contributed by atoms with E-state index in [-0.39, 0.29) is 24.0 Å². The summed E-state index contributed by atoms with van der Waals surface area (Å²) in [6.07, 6.45) is 1.50. The third kappa shape index (κ3) is 3.59. The molecule has 0 amide bonds. The van der Waals surface area contributed by atoms with Crippen molar-refractivity contribution in [3.05, 3.63) is 63.9 Å². The minimum atomic E-state index is -0.556. The van der Waals surface area contributed by atoms with Crippen molar-refractivity contribution in [3.8, 4) is 34.6 Å². The Bertz CT molecular complexity index is 1180. The zero-order chi connectivity index (χ0) is 20.2. The van der Waals surface area contributed by atoms with E-state index in [4.69, 9.17) is 14.2 Å². The smallest absolute Gasteiger partial charge is 0.270 e. The number of benzene rings is 2. The number of hydrogen-bond donors (Lipinski definition) is 2. The molecule has 2 heterocycles. The van der Waals surface area contributed by atoms with Gasteiger partial charge in [-0.05, 0) is 6.07 Å². The van der Waals surface area contributed by atoms with E-state index in [9.17, 15) is 10.1 Å². The first-order valence-electron chi connectivity index (χ1n) is 8.56. The van der Waals surface area contributed by atoms with Crippen LogP contribution in [0.25, 0.3) is 11.3 Å². The van der Waals surface area contributed by atoms with Crippen LogP contribution in [0.5, 0.6) is 17.2 Å². The van der Waals surface area contributed by atoms with E-state index in [1.165, 1.54) is 13.3 Å². The summed E-state index contributed by atoms with van der Waals surface area (Å²) in [6.45, 7) is 0.149. The van der Waals surface area contributed by atoms with E-state index in [2.05, 4.69) is 20.5 Å². The first-order chi connectivity index (χ1) is 14.2. The van der Waals surface area contributed by atoms with Crippen molar-refractivity contribution in [2.75, 3.05) is 19.3 Å². The molecule has 0 saturated heterocycles. The SMILES string of the molecule is COc1cc2c(cc1C=NNc1nc(-c3ccccc3)c(C#N)c(=O)[nH]1)OCO2. The van der Waals surface area contributed by atoms with Crippen molar-refractivity contribution in [3.63, 3.8) is 0 Å². The first-order valence-corrected chi connectivity index (χ1v) is 8.56. The molecule has 0 aliphatic carbocycles. The Morgan fingerprint density at radius 2 is 2.03 bits per heavy atom. The minimum Gasteiger partial charge on any atom is -0.496 e. The van der Waals surface area contributed by atoms with Crippen LogP contribution in [-0.4, -0.2) is 30.1 Å². The molecule has 144 valence electrons. The maximum Gasteiger partial charge on any atom is 0.270 e. The maximum absolute atomic E-state index is 12.3. The Kier molecular flexibility index (Phi) is 4.82. The molecule has 0 atom stereocenters. The highest BCUT2D eigenvalue weighted by atomic mass is 16.7. The van der Waals surface area contributed by atoms with E-state index in [1.54, 1.807) is 36.4 Å². The van der Waals surface area contributed by atoms with Gasteiger partial charge in [0.2, 0.25) is 12.7 Å². The van der Waals surface area contributed by atoms with E-state index in [0.29, 0.717) is 28.4 Å². The predicted octanol–water partition coefficient (Wildman–Crippen LogP) is 2.49. The molecule has 1 aromatic heterocycles. The van der Waals surface area contributed by atoms with Crippen LogP contribution in [0.4, 0.5) is 5.95 Å². The lowest BCUT2D eigenvalue weighted by molar-refractivity contribution is 0.174. The molecule has 2 N–H and O–H groups in total. The average molecular weight is 389 g/mol. The second kappa shape index (κ2) is 7.74. The average Bonchev–Trinajstić information content (AvgIpc) is 3.20. The number of methoxy groups -OCH3 is 1. The van der Waals surface area contributed by atoms with Gasteiger partial charge in [-0.2, -0.15) is 10.4 Å². The van der Waals surface area contributed by atoms with Crippen LogP contribution in [0.1, 0.15) is 11.1 Å². The highest BCUT2D eigenvalue weighted by molar-refractivity contribution is 5.85. The standard InChI is InChI=1S/C20H15N5O4/c1-27-15-8-17-16(28-11-29-17)7-13(15)10-22-25-20-23-18(12-5-3-2-4-6-12)14(9-21)19(26)24-20/h2-8,10H,11H2,1H3,(H2,23,24,25,26). The summed E-state index contributed by atoms with van der Waals surface area (Å²) >= 11 is 0. The van der Waals surface area contributed by atoms with Crippen molar-refractivity contribution < 1.29 is 14.2 Å². The van der Waals surface area contributed by atoms with Gasteiger partial charge in [0, 0.05) is 17.2 Å². The lowest BCUT2D eigenvalue weighted by Gasteiger charge is -2.07. The van der Waals surface area contributed by atoms with Crippen molar-refractivity contribution in [1.82, 2.24) is 9.97 Å². The van der Waals surface area contributed by atoms with Crippen molar-refractivity contribution in [1.29, 1.82) is 5.26 Å². The van der Waals surface area contributed by atoms with Gasteiger partial charge < -0.3 is 14.2 Å².